The van der Waals surface area contributed by atoms with Crippen LogP contribution < -0.4 is 11.1 Å². The molecule has 0 spiro atoms. The van der Waals surface area contributed by atoms with Crippen LogP contribution in [0.2, 0.25) is 0 Å². The van der Waals surface area contributed by atoms with E-state index in [9.17, 15) is 9.59 Å². The van der Waals surface area contributed by atoms with Crippen LogP contribution in [0.15, 0.2) is 24.5 Å². The topological polar surface area (TPSA) is 105 Å². The molecule has 1 saturated heterocycles. The number of carboxylic acid groups (broad SMARTS) is 1. The Balaban J connectivity index is 0.000000184. The van der Waals surface area contributed by atoms with Crippen molar-refractivity contribution in [3.8, 4) is 0 Å². The van der Waals surface area contributed by atoms with Gasteiger partial charge in [-0.2, -0.15) is 0 Å². The fourth-order valence-corrected chi connectivity index (χ4v) is 1.60. The highest BCUT2D eigenvalue weighted by Gasteiger charge is 2.20. The number of primary amides is 1. The van der Waals surface area contributed by atoms with Crippen molar-refractivity contribution in [2.45, 2.75) is 25.3 Å². The first kappa shape index (κ1) is 14.1. The van der Waals surface area contributed by atoms with Gasteiger partial charge in [0, 0.05) is 12.4 Å². The number of aliphatic carboxylic acids is 1. The van der Waals surface area contributed by atoms with Gasteiger partial charge in [-0.1, -0.05) is 0 Å². The lowest BCUT2D eigenvalue weighted by molar-refractivity contribution is -0.139. The fraction of sp³-hybridized carbons (Fsp3) is 0.417. The molecule has 2 heterocycles. The largest absolute Gasteiger partial charge is 0.480 e. The summed E-state index contributed by atoms with van der Waals surface area (Å²) in [5, 5.41) is 11.2. The average molecular weight is 251 g/mol. The molecule has 6 heteroatoms. The fourth-order valence-electron chi connectivity index (χ4n) is 1.60. The van der Waals surface area contributed by atoms with Crippen LogP contribution >= 0.6 is 0 Å². The quantitative estimate of drug-likeness (QED) is 0.697. The second kappa shape index (κ2) is 7.39. The molecule has 98 valence electrons. The van der Waals surface area contributed by atoms with Gasteiger partial charge in [0.25, 0.3) is 0 Å². The van der Waals surface area contributed by atoms with Crippen LogP contribution in [0.5, 0.6) is 0 Å². The van der Waals surface area contributed by atoms with E-state index >= 15 is 0 Å². The zero-order valence-electron chi connectivity index (χ0n) is 10.0. The number of carbonyl (C=O) groups excluding carboxylic acids is 1. The number of rotatable bonds is 3. The summed E-state index contributed by atoms with van der Waals surface area (Å²) in [4.78, 5) is 24.3. The minimum absolute atomic E-state index is 0.269. The molecule has 1 aliphatic rings. The molecule has 4 N–H and O–H groups in total. The van der Waals surface area contributed by atoms with E-state index in [0.29, 0.717) is 6.42 Å². The molecule has 1 atom stereocenters. The molecule has 0 radical (unpaired) electrons. The minimum Gasteiger partial charge on any atom is -0.480 e. The third-order valence-electron chi connectivity index (χ3n) is 2.49. The first-order chi connectivity index (χ1) is 8.59. The standard InChI is InChI=1S/C7H8N2O.C5H9NO2/c8-7(10)5-6-1-3-9-4-2-6;7-5(8)4-2-1-3-6-4/h1-4H,5H2,(H2,8,10);4,6H,1-3H2,(H,7,8)/t;4-/m.0/s1. The predicted molar refractivity (Wildman–Crippen MR) is 65.8 cm³/mol. The molecule has 2 rings (SSSR count). The van der Waals surface area contributed by atoms with Crippen LogP contribution in [0.25, 0.3) is 0 Å². The first-order valence-electron chi connectivity index (χ1n) is 5.73. The molecule has 1 aromatic rings. The highest BCUT2D eigenvalue weighted by molar-refractivity contribution is 5.76. The highest BCUT2D eigenvalue weighted by Crippen LogP contribution is 2.03. The summed E-state index contributed by atoms with van der Waals surface area (Å²) < 4.78 is 0. The second-order valence-electron chi connectivity index (χ2n) is 3.99. The average Bonchev–Trinajstić information content (AvgIpc) is 2.84. The molecule has 1 aliphatic heterocycles. The van der Waals surface area contributed by atoms with Crippen molar-refractivity contribution >= 4 is 11.9 Å². The number of hydrogen-bond acceptors (Lipinski definition) is 4. The zero-order valence-corrected chi connectivity index (χ0v) is 10.0. The monoisotopic (exact) mass is 251 g/mol. The van der Waals surface area contributed by atoms with Gasteiger partial charge >= 0.3 is 5.97 Å². The number of nitrogens with one attached hydrogen (secondary N) is 1. The van der Waals surface area contributed by atoms with E-state index in [4.69, 9.17) is 10.8 Å². The van der Waals surface area contributed by atoms with Gasteiger partial charge in [-0.25, -0.2) is 0 Å². The number of amides is 1. The zero-order chi connectivity index (χ0) is 13.4. The third kappa shape index (κ3) is 5.40. The Morgan fingerprint density at radius 1 is 1.44 bits per heavy atom. The number of carboxylic acids is 1. The van der Waals surface area contributed by atoms with Gasteiger partial charge in [0.2, 0.25) is 5.91 Å². The van der Waals surface area contributed by atoms with Crippen LogP contribution in [-0.4, -0.2) is 34.6 Å². The number of aromatic nitrogens is 1. The molecule has 18 heavy (non-hydrogen) atoms. The Morgan fingerprint density at radius 2 is 2.11 bits per heavy atom. The first-order valence-corrected chi connectivity index (χ1v) is 5.73. The molecule has 0 unspecified atom stereocenters. The van der Waals surface area contributed by atoms with Gasteiger partial charge < -0.3 is 16.2 Å². The predicted octanol–water partition coefficient (Wildman–Crippen LogP) is -0.0676. The number of nitrogens with two attached hydrogens (primary N) is 1. The van der Waals surface area contributed by atoms with Gasteiger partial charge in [0.1, 0.15) is 6.04 Å². The van der Waals surface area contributed by atoms with Crippen molar-refractivity contribution in [1.82, 2.24) is 10.3 Å². The maximum atomic E-state index is 10.4. The molecule has 6 nitrogen and oxygen atoms in total. The lowest BCUT2D eigenvalue weighted by Gasteiger charge is -1.99. The van der Waals surface area contributed by atoms with Gasteiger partial charge in [-0.15, -0.1) is 0 Å². The normalized spacial score (nSPS) is 17.7. The van der Waals surface area contributed by atoms with Crippen molar-refractivity contribution in [3.63, 3.8) is 0 Å². The molecular formula is C12H17N3O3. The van der Waals surface area contributed by atoms with E-state index < -0.39 is 5.97 Å². The van der Waals surface area contributed by atoms with Gasteiger partial charge in [-0.3, -0.25) is 14.6 Å². The van der Waals surface area contributed by atoms with Crippen LogP contribution in [0.3, 0.4) is 0 Å². The van der Waals surface area contributed by atoms with Crippen LogP contribution in [0, 0.1) is 0 Å². The Morgan fingerprint density at radius 3 is 2.50 bits per heavy atom. The Bertz CT molecular complexity index is 389. The van der Waals surface area contributed by atoms with Crippen molar-refractivity contribution in [2.75, 3.05) is 6.54 Å². The Hall–Kier alpha value is -1.95. The lowest BCUT2D eigenvalue weighted by Crippen LogP contribution is -2.29. The number of pyridine rings is 1. The molecule has 1 fully saturated rings. The van der Waals surface area contributed by atoms with Crippen molar-refractivity contribution in [3.05, 3.63) is 30.1 Å². The summed E-state index contributed by atoms with van der Waals surface area (Å²) >= 11 is 0. The molecule has 0 aromatic carbocycles. The smallest absolute Gasteiger partial charge is 0.320 e. The third-order valence-corrected chi connectivity index (χ3v) is 2.49. The molecule has 0 bridgehead atoms. The van der Waals surface area contributed by atoms with Crippen molar-refractivity contribution < 1.29 is 14.7 Å². The maximum Gasteiger partial charge on any atom is 0.320 e. The summed E-state index contributed by atoms with van der Waals surface area (Å²) in [7, 11) is 0. The Kier molecular flexibility index (Phi) is 5.79. The van der Waals surface area contributed by atoms with Crippen molar-refractivity contribution in [2.24, 2.45) is 5.73 Å². The summed E-state index contributed by atoms with van der Waals surface area (Å²) in [6.45, 7) is 0.858. The second-order valence-corrected chi connectivity index (χ2v) is 3.99. The van der Waals surface area contributed by atoms with Crippen molar-refractivity contribution in [1.29, 1.82) is 0 Å². The van der Waals surface area contributed by atoms with E-state index in [2.05, 4.69) is 10.3 Å². The van der Waals surface area contributed by atoms with Crippen LogP contribution in [-0.2, 0) is 16.0 Å². The summed E-state index contributed by atoms with van der Waals surface area (Å²) in [5.74, 6) is -1.03. The van der Waals surface area contributed by atoms with E-state index in [1.165, 1.54) is 0 Å². The summed E-state index contributed by atoms with van der Waals surface area (Å²) in [6.07, 6.45) is 5.35. The summed E-state index contributed by atoms with van der Waals surface area (Å²) in [5.41, 5.74) is 5.87. The molecule has 1 amide bonds. The molecular weight excluding hydrogens is 234 g/mol. The highest BCUT2D eigenvalue weighted by atomic mass is 16.4. The number of nitrogens with zero attached hydrogens (tertiary/aromatic N) is 1. The SMILES string of the molecule is NC(=O)Cc1ccncc1.O=C(O)[C@@H]1CCCN1. The Labute approximate surface area is 105 Å². The van der Waals surface area contributed by atoms with Gasteiger partial charge in [0.05, 0.1) is 6.42 Å². The van der Waals surface area contributed by atoms with Crippen LogP contribution in [0.1, 0.15) is 18.4 Å². The van der Waals surface area contributed by atoms with E-state index in [1.54, 1.807) is 24.5 Å². The summed E-state index contributed by atoms with van der Waals surface area (Å²) in [6, 6.07) is 3.27. The lowest BCUT2D eigenvalue weighted by atomic mass is 10.2. The van der Waals surface area contributed by atoms with Gasteiger partial charge in [-0.05, 0) is 37.1 Å². The van der Waals surface area contributed by atoms with Gasteiger partial charge in [0.15, 0.2) is 0 Å². The van der Waals surface area contributed by atoms with Crippen LogP contribution in [0.4, 0.5) is 0 Å². The van der Waals surface area contributed by atoms with E-state index in [-0.39, 0.29) is 11.9 Å². The van der Waals surface area contributed by atoms with E-state index in [1.807, 2.05) is 0 Å². The molecule has 0 saturated carbocycles. The molecule has 0 aliphatic carbocycles. The number of hydrogen-bond donors (Lipinski definition) is 3. The maximum absolute atomic E-state index is 10.4. The number of carbonyl (C=O) groups is 2. The minimum atomic E-state index is -0.720. The van der Waals surface area contributed by atoms with E-state index in [0.717, 1.165) is 24.9 Å². The molecule has 1 aromatic heterocycles.